The highest BCUT2D eigenvalue weighted by atomic mass is 35.5. The van der Waals surface area contributed by atoms with Crippen LogP contribution in [0, 0.1) is 0 Å². The van der Waals surface area contributed by atoms with E-state index in [0.29, 0.717) is 5.02 Å². The molecule has 0 saturated heterocycles. The third-order valence-corrected chi connectivity index (χ3v) is 5.22. The third-order valence-electron chi connectivity index (χ3n) is 4.97. The first-order chi connectivity index (χ1) is 13.7. The average Bonchev–Trinajstić information content (AvgIpc) is 2.74. The molecule has 0 radical (unpaired) electrons. The topological polar surface area (TPSA) is 47.5 Å². The summed E-state index contributed by atoms with van der Waals surface area (Å²) in [6, 6.07) is 13.7. The van der Waals surface area contributed by atoms with Crippen LogP contribution in [0.4, 0.5) is 0 Å². The molecule has 5 nitrogen and oxygen atoms in total. The number of fused-ring (bicyclic) bond motifs is 1. The Morgan fingerprint density at radius 1 is 1.04 bits per heavy atom. The number of methoxy groups -OCH3 is 2. The molecule has 0 N–H and O–H groups in total. The SMILES string of the molecule is COc1ccc(CN2CCc3nc(-c4ccc(Cl)cc4)ncc3C2)cc1OC. The molecule has 28 heavy (non-hydrogen) atoms. The molecule has 1 aliphatic heterocycles. The fraction of sp³-hybridized carbons (Fsp3) is 0.273. The first kappa shape index (κ1) is 18.7. The molecular weight excluding hydrogens is 374 g/mol. The Labute approximate surface area is 169 Å². The predicted octanol–water partition coefficient (Wildman–Crippen LogP) is 4.37. The summed E-state index contributed by atoms with van der Waals surface area (Å²) >= 11 is 5.97. The summed E-state index contributed by atoms with van der Waals surface area (Å²) < 4.78 is 10.7. The van der Waals surface area contributed by atoms with E-state index in [1.807, 2.05) is 42.6 Å². The van der Waals surface area contributed by atoms with Crippen LogP contribution in [0.3, 0.4) is 0 Å². The molecule has 3 aromatic rings. The minimum absolute atomic E-state index is 0.715. The van der Waals surface area contributed by atoms with Gasteiger partial charge in [-0.3, -0.25) is 4.90 Å². The lowest BCUT2D eigenvalue weighted by Crippen LogP contribution is -2.31. The highest BCUT2D eigenvalue weighted by Gasteiger charge is 2.19. The van der Waals surface area contributed by atoms with Crippen molar-refractivity contribution in [1.82, 2.24) is 14.9 Å². The lowest BCUT2D eigenvalue weighted by Gasteiger charge is -2.28. The fourth-order valence-electron chi connectivity index (χ4n) is 3.48. The van der Waals surface area contributed by atoms with Gasteiger partial charge in [-0.1, -0.05) is 17.7 Å². The van der Waals surface area contributed by atoms with E-state index in [-0.39, 0.29) is 0 Å². The minimum Gasteiger partial charge on any atom is -0.493 e. The van der Waals surface area contributed by atoms with Gasteiger partial charge in [0, 0.05) is 48.4 Å². The lowest BCUT2D eigenvalue weighted by molar-refractivity contribution is 0.242. The molecule has 4 rings (SSSR count). The van der Waals surface area contributed by atoms with Gasteiger partial charge in [-0.05, 0) is 42.0 Å². The van der Waals surface area contributed by atoms with E-state index in [1.165, 1.54) is 11.1 Å². The normalized spacial score (nSPS) is 13.8. The summed E-state index contributed by atoms with van der Waals surface area (Å²) in [4.78, 5) is 11.8. The number of hydrogen-bond donors (Lipinski definition) is 0. The monoisotopic (exact) mass is 395 g/mol. The van der Waals surface area contributed by atoms with Gasteiger partial charge in [0.15, 0.2) is 17.3 Å². The molecule has 0 unspecified atom stereocenters. The van der Waals surface area contributed by atoms with Crippen molar-refractivity contribution >= 4 is 11.6 Å². The van der Waals surface area contributed by atoms with Crippen molar-refractivity contribution in [2.75, 3.05) is 20.8 Å². The quantitative estimate of drug-likeness (QED) is 0.641. The second-order valence-electron chi connectivity index (χ2n) is 6.82. The molecule has 0 saturated carbocycles. The Morgan fingerprint density at radius 3 is 2.57 bits per heavy atom. The van der Waals surface area contributed by atoms with Gasteiger partial charge in [0.05, 0.1) is 19.9 Å². The largest absolute Gasteiger partial charge is 0.493 e. The second kappa shape index (κ2) is 8.17. The summed E-state index contributed by atoms with van der Waals surface area (Å²) in [5.41, 5.74) is 4.49. The fourth-order valence-corrected chi connectivity index (χ4v) is 3.61. The van der Waals surface area contributed by atoms with Crippen molar-refractivity contribution < 1.29 is 9.47 Å². The van der Waals surface area contributed by atoms with Gasteiger partial charge >= 0.3 is 0 Å². The Balaban J connectivity index is 1.48. The maximum absolute atomic E-state index is 5.97. The summed E-state index contributed by atoms with van der Waals surface area (Å²) in [5, 5.41) is 0.715. The number of nitrogens with zero attached hydrogens (tertiary/aromatic N) is 3. The van der Waals surface area contributed by atoms with Gasteiger partial charge in [0.1, 0.15) is 0 Å². The maximum atomic E-state index is 5.97. The highest BCUT2D eigenvalue weighted by Crippen LogP contribution is 2.29. The van der Waals surface area contributed by atoms with Crippen LogP contribution in [0.25, 0.3) is 11.4 Å². The molecule has 0 bridgehead atoms. The molecule has 0 aliphatic carbocycles. The number of hydrogen-bond acceptors (Lipinski definition) is 5. The zero-order valence-electron chi connectivity index (χ0n) is 16.0. The van der Waals surface area contributed by atoms with E-state index in [9.17, 15) is 0 Å². The van der Waals surface area contributed by atoms with E-state index >= 15 is 0 Å². The van der Waals surface area contributed by atoms with Crippen LogP contribution in [-0.4, -0.2) is 35.6 Å². The molecular formula is C22H22ClN3O2. The first-order valence-corrected chi connectivity index (χ1v) is 9.58. The van der Waals surface area contributed by atoms with Crippen molar-refractivity contribution in [3.8, 4) is 22.9 Å². The number of rotatable bonds is 5. The zero-order valence-corrected chi connectivity index (χ0v) is 16.7. The third kappa shape index (κ3) is 3.96. The number of ether oxygens (including phenoxy) is 2. The van der Waals surface area contributed by atoms with Gasteiger partial charge < -0.3 is 9.47 Å². The standard InChI is InChI=1S/C22H22ClN3O2/c1-27-20-8-3-15(11-21(20)28-2)13-26-10-9-19-17(14-26)12-24-22(25-19)16-4-6-18(23)7-5-16/h3-8,11-12H,9-10,13-14H2,1-2H3. The smallest absolute Gasteiger partial charge is 0.161 e. The van der Waals surface area contributed by atoms with E-state index in [0.717, 1.165) is 54.6 Å². The summed E-state index contributed by atoms with van der Waals surface area (Å²) in [7, 11) is 3.31. The number of benzene rings is 2. The zero-order chi connectivity index (χ0) is 19.5. The first-order valence-electron chi connectivity index (χ1n) is 9.20. The summed E-state index contributed by atoms with van der Waals surface area (Å²) in [5.74, 6) is 2.26. The number of halogens is 1. The Kier molecular flexibility index (Phi) is 5.46. The van der Waals surface area contributed by atoms with Crippen molar-refractivity contribution in [3.63, 3.8) is 0 Å². The second-order valence-corrected chi connectivity index (χ2v) is 7.26. The van der Waals surface area contributed by atoms with Crippen LogP contribution >= 0.6 is 11.6 Å². The van der Waals surface area contributed by atoms with E-state index in [4.69, 9.17) is 26.1 Å². The van der Waals surface area contributed by atoms with Gasteiger partial charge in [-0.25, -0.2) is 9.97 Å². The molecule has 0 amide bonds. The Bertz CT molecular complexity index is 976. The Hall–Kier alpha value is -2.63. The maximum Gasteiger partial charge on any atom is 0.161 e. The molecule has 144 valence electrons. The van der Waals surface area contributed by atoms with E-state index in [2.05, 4.69) is 16.0 Å². The van der Waals surface area contributed by atoms with Crippen LogP contribution in [-0.2, 0) is 19.5 Å². The molecule has 6 heteroatoms. The summed E-state index contributed by atoms with van der Waals surface area (Å²) in [6.45, 7) is 2.64. The molecule has 0 atom stereocenters. The van der Waals surface area contributed by atoms with Gasteiger partial charge in [0.2, 0.25) is 0 Å². The van der Waals surface area contributed by atoms with Crippen LogP contribution in [0.1, 0.15) is 16.8 Å². The van der Waals surface area contributed by atoms with Gasteiger partial charge in [-0.15, -0.1) is 0 Å². The predicted molar refractivity (Wildman–Crippen MR) is 110 cm³/mol. The average molecular weight is 396 g/mol. The minimum atomic E-state index is 0.715. The molecule has 1 aliphatic rings. The van der Waals surface area contributed by atoms with Crippen LogP contribution in [0.2, 0.25) is 5.02 Å². The highest BCUT2D eigenvalue weighted by molar-refractivity contribution is 6.30. The molecule has 0 spiro atoms. The van der Waals surface area contributed by atoms with Crippen LogP contribution in [0.5, 0.6) is 11.5 Å². The van der Waals surface area contributed by atoms with Crippen LogP contribution < -0.4 is 9.47 Å². The lowest BCUT2D eigenvalue weighted by atomic mass is 10.1. The van der Waals surface area contributed by atoms with Gasteiger partial charge in [0.25, 0.3) is 0 Å². The molecule has 2 heterocycles. The summed E-state index contributed by atoms with van der Waals surface area (Å²) in [6.07, 6.45) is 2.86. The number of aromatic nitrogens is 2. The Morgan fingerprint density at radius 2 is 1.82 bits per heavy atom. The van der Waals surface area contributed by atoms with Crippen molar-refractivity contribution in [2.24, 2.45) is 0 Å². The molecule has 1 aromatic heterocycles. The van der Waals surface area contributed by atoms with Gasteiger partial charge in [-0.2, -0.15) is 0 Å². The molecule has 0 fully saturated rings. The van der Waals surface area contributed by atoms with E-state index < -0.39 is 0 Å². The van der Waals surface area contributed by atoms with E-state index in [1.54, 1.807) is 14.2 Å². The van der Waals surface area contributed by atoms with Crippen molar-refractivity contribution in [1.29, 1.82) is 0 Å². The molecule has 2 aromatic carbocycles. The van der Waals surface area contributed by atoms with Crippen molar-refractivity contribution in [2.45, 2.75) is 19.5 Å². The van der Waals surface area contributed by atoms with Crippen molar-refractivity contribution in [3.05, 3.63) is 70.5 Å². The van der Waals surface area contributed by atoms with Crippen LogP contribution in [0.15, 0.2) is 48.7 Å².